The van der Waals surface area contributed by atoms with E-state index in [-0.39, 0.29) is 0 Å². The first-order valence-corrected chi connectivity index (χ1v) is 5.78. The molecule has 0 aromatic heterocycles. The van der Waals surface area contributed by atoms with Crippen LogP contribution in [0.25, 0.3) is 0 Å². The van der Waals surface area contributed by atoms with Crippen molar-refractivity contribution in [2.75, 3.05) is 26.4 Å². The molecule has 0 saturated carbocycles. The molecule has 0 aliphatic carbocycles. The maximum atomic E-state index is 5.91. The second-order valence-electron chi connectivity index (χ2n) is 3.51. The fourth-order valence-corrected chi connectivity index (χ4v) is 1.33. The number of nitrogens with two attached hydrogens (primary N) is 1. The smallest absolute Gasteiger partial charge is 0.119 e. The van der Waals surface area contributed by atoms with Crippen LogP contribution in [0.1, 0.15) is 12.0 Å². The zero-order chi connectivity index (χ0) is 11.8. The Morgan fingerprint density at radius 2 is 2.06 bits per heavy atom. The van der Waals surface area contributed by atoms with Crippen LogP contribution < -0.4 is 10.5 Å². The first-order chi connectivity index (χ1) is 7.74. The summed E-state index contributed by atoms with van der Waals surface area (Å²) in [6.45, 7) is 4.44. The molecule has 0 heterocycles. The third-order valence-electron chi connectivity index (χ3n) is 2.12. The molecule has 2 N–H and O–H groups in total. The molecule has 0 radical (unpaired) electrons. The Kier molecular flexibility index (Phi) is 6.23. The Balaban J connectivity index is 2.19. The summed E-state index contributed by atoms with van der Waals surface area (Å²) in [5, 5.41) is 0.756. The minimum atomic E-state index is 0.547. The second-order valence-corrected chi connectivity index (χ2v) is 3.92. The van der Waals surface area contributed by atoms with Crippen LogP contribution in [0.3, 0.4) is 0 Å². The van der Waals surface area contributed by atoms with E-state index in [1.54, 1.807) is 0 Å². The molecule has 4 heteroatoms. The Labute approximate surface area is 101 Å². The van der Waals surface area contributed by atoms with Gasteiger partial charge in [0.2, 0.25) is 0 Å². The average Bonchev–Trinajstić information content (AvgIpc) is 2.28. The van der Waals surface area contributed by atoms with E-state index in [4.69, 9.17) is 26.8 Å². The standard InChI is InChI=1S/C12H18ClNO2/c1-10-9-11(3-4-12(10)13)16-8-7-15-6-2-5-14/h3-4,9H,2,5-8,14H2,1H3. The van der Waals surface area contributed by atoms with Gasteiger partial charge < -0.3 is 15.2 Å². The molecule has 1 rings (SSSR count). The van der Waals surface area contributed by atoms with Gasteiger partial charge in [-0.3, -0.25) is 0 Å². The van der Waals surface area contributed by atoms with Crippen molar-refractivity contribution in [1.29, 1.82) is 0 Å². The van der Waals surface area contributed by atoms with E-state index in [2.05, 4.69) is 0 Å². The molecule has 0 spiro atoms. The van der Waals surface area contributed by atoms with Crippen molar-refractivity contribution in [2.24, 2.45) is 5.73 Å². The van der Waals surface area contributed by atoms with Crippen LogP contribution in [-0.4, -0.2) is 26.4 Å². The third kappa shape index (κ3) is 4.84. The summed E-state index contributed by atoms with van der Waals surface area (Å²) >= 11 is 5.91. The van der Waals surface area contributed by atoms with E-state index >= 15 is 0 Å². The van der Waals surface area contributed by atoms with Crippen LogP contribution in [0.15, 0.2) is 18.2 Å². The van der Waals surface area contributed by atoms with Gasteiger partial charge >= 0.3 is 0 Å². The maximum absolute atomic E-state index is 5.91. The van der Waals surface area contributed by atoms with E-state index in [1.807, 2.05) is 25.1 Å². The van der Waals surface area contributed by atoms with Gasteiger partial charge in [0.1, 0.15) is 12.4 Å². The first kappa shape index (κ1) is 13.3. The molecule has 0 fully saturated rings. The summed E-state index contributed by atoms with van der Waals surface area (Å²) in [5.74, 6) is 0.823. The van der Waals surface area contributed by atoms with Gasteiger partial charge in [-0.15, -0.1) is 0 Å². The highest BCUT2D eigenvalue weighted by molar-refractivity contribution is 6.31. The number of rotatable bonds is 7. The lowest BCUT2D eigenvalue weighted by molar-refractivity contribution is 0.0994. The molecular formula is C12H18ClNO2. The summed E-state index contributed by atoms with van der Waals surface area (Å²) in [5.41, 5.74) is 6.36. The lowest BCUT2D eigenvalue weighted by atomic mass is 10.2. The molecule has 0 bridgehead atoms. The van der Waals surface area contributed by atoms with Gasteiger partial charge in [0.15, 0.2) is 0 Å². The zero-order valence-electron chi connectivity index (χ0n) is 9.54. The number of aryl methyl sites for hydroxylation is 1. The van der Waals surface area contributed by atoms with Crippen molar-refractivity contribution in [2.45, 2.75) is 13.3 Å². The topological polar surface area (TPSA) is 44.5 Å². The van der Waals surface area contributed by atoms with Gasteiger partial charge in [0.25, 0.3) is 0 Å². The molecule has 0 amide bonds. The summed E-state index contributed by atoms with van der Waals surface area (Å²) in [4.78, 5) is 0. The van der Waals surface area contributed by atoms with E-state index in [0.29, 0.717) is 26.4 Å². The van der Waals surface area contributed by atoms with Gasteiger partial charge in [-0.1, -0.05) is 11.6 Å². The Hall–Kier alpha value is -0.770. The average molecular weight is 244 g/mol. The molecule has 0 unspecified atom stereocenters. The van der Waals surface area contributed by atoms with Crippen LogP contribution in [0.2, 0.25) is 5.02 Å². The van der Waals surface area contributed by atoms with Crippen LogP contribution >= 0.6 is 11.6 Å². The van der Waals surface area contributed by atoms with Crippen molar-refractivity contribution in [3.05, 3.63) is 28.8 Å². The van der Waals surface area contributed by atoms with Gasteiger partial charge in [-0.05, 0) is 43.7 Å². The molecule has 1 aromatic carbocycles. The number of ether oxygens (including phenoxy) is 2. The highest BCUT2D eigenvalue weighted by Gasteiger charge is 1.98. The van der Waals surface area contributed by atoms with E-state index < -0.39 is 0 Å². The molecule has 0 aliphatic heterocycles. The molecule has 90 valence electrons. The summed E-state index contributed by atoms with van der Waals surface area (Å²) in [7, 11) is 0. The zero-order valence-corrected chi connectivity index (χ0v) is 10.3. The largest absolute Gasteiger partial charge is 0.491 e. The highest BCUT2D eigenvalue weighted by atomic mass is 35.5. The van der Waals surface area contributed by atoms with Crippen molar-refractivity contribution in [1.82, 2.24) is 0 Å². The third-order valence-corrected chi connectivity index (χ3v) is 2.54. The van der Waals surface area contributed by atoms with Crippen LogP contribution in [-0.2, 0) is 4.74 Å². The summed E-state index contributed by atoms with van der Waals surface area (Å²) in [6, 6.07) is 5.61. The minimum absolute atomic E-state index is 0.547. The number of benzene rings is 1. The van der Waals surface area contributed by atoms with Gasteiger partial charge in [-0.25, -0.2) is 0 Å². The number of hydrogen-bond donors (Lipinski definition) is 1. The van der Waals surface area contributed by atoms with Crippen LogP contribution in [0.4, 0.5) is 0 Å². The predicted octanol–water partition coefficient (Wildman–Crippen LogP) is 2.39. The maximum Gasteiger partial charge on any atom is 0.119 e. The molecule has 0 aliphatic rings. The fourth-order valence-electron chi connectivity index (χ4n) is 1.21. The van der Waals surface area contributed by atoms with E-state index in [9.17, 15) is 0 Å². The lowest BCUT2D eigenvalue weighted by Gasteiger charge is -2.08. The number of hydrogen-bond acceptors (Lipinski definition) is 3. The molecule has 0 saturated heterocycles. The molecule has 3 nitrogen and oxygen atoms in total. The number of halogens is 1. The summed E-state index contributed by atoms with van der Waals surface area (Å²) < 4.78 is 10.8. The quantitative estimate of drug-likeness (QED) is 0.748. The SMILES string of the molecule is Cc1cc(OCCOCCCN)ccc1Cl. The van der Waals surface area contributed by atoms with Crippen LogP contribution in [0, 0.1) is 6.92 Å². The normalized spacial score (nSPS) is 10.4. The Morgan fingerprint density at radius 3 is 2.75 bits per heavy atom. The van der Waals surface area contributed by atoms with Gasteiger partial charge in [-0.2, -0.15) is 0 Å². The monoisotopic (exact) mass is 243 g/mol. The predicted molar refractivity (Wildman–Crippen MR) is 66.2 cm³/mol. The van der Waals surface area contributed by atoms with E-state index in [1.165, 1.54) is 0 Å². The second kappa shape index (κ2) is 7.49. The first-order valence-electron chi connectivity index (χ1n) is 5.41. The molecule has 0 atom stereocenters. The highest BCUT2D eigenvalue weighted by Crippen LogP contribution is 2.20. The van der Waals surface area contributed by atoms with Crippen molar-refractivity contribution in [3.63, 3.8) is 0 Å². The Bertz CT molecular complexity index is 318. The van der Waals surface area contributed by atoms with Crippen LogP contribution in [0.5, 0.6) is 5.75 Å². The lowest BCUT2D eigenvalue weighted by Crippen LogP contribution is -2.10. The fraction of sp³-hybridized carbons (Fsp3) is 0.500. The summed E-state index contributed by atoms with van der Waals surface area (Å²) in [6.07, 6.45) is 0.889. The van der Waals surface area contributed by atoms with Crippen molar-refractivity contribution < 1.29 is 9.47 Å². The molecular weight excluding hydrogens is 226 g/mol. The van der Waals surface area contributed by atoms with Crippen molar-refractivity contribution >= 4 is 11.6 Å². The minimum Gasteiger partial charge on any atom is -0.491 e. The molecule has 1 aromatic rings. The van der Waals surface area contributed by atoms with Gasteiger partial charge in [0, 0.05) is 11.6 Å². The Morgan fingerprint density at radius 1 is 1.25 bits per heavy atom. The van der Waals surface area contributed by atoms with Gasteiger partial charge in [0.05, 0.1) is 6.61 Å². The van der Waals surface area contributed by atoms with E-state index in [0.717, 1.165) is 22.8 Å². The molecule has 16 heavy (non-hydrogen) atoms. The van der Waals surface area contributed by atoms with Crippen molar-refractivity contribution in [3.8, 4) is 5.75 Å².